The number of hydrogen-bond donors (Lipinski definition) is 1. The Morgan fingerprint density at radius 1 is 1.28 bits per heavy atom. The number of benzene rings is 1. The highest BCUT2D eigenvalue weighted by atomic mass is 79.9. The molecule has 3 rings (SSSR count). The molecule has 0 atom stereocenters. The standard InChI is InChI=1S/C12H11BrN2O.C2H6/c13-10-4-3-8-6-9-2-1-5-16-15-12(9)14-11(8)7-10;1-2/h3-4,6-7H,1-2,5H2,(H,14,15);1-2H3. The van der Waals surface area contributed by atoms with Crippen LogP contribution in [-0.4, -0.2) is 11.6 Å². The van der Waals surface area contributed by atoms with Crippen LogP contribution >= 0.6 is 15.9 Å². The van der Waals surface area contributed by atoms with Gasteiger partial charge in [-0.1, -0.05) is 35.8 Å². The molecule has 96 valence electrons. The van der Waals surface area contributed by atoms with E-state index in [4.69, 9.17) is 4.84 Å². The molecule has 1 aliphatic rings. The summed E-state index contributed by atoms with van der Waals surface area (Å²) >= 11 is 3.45. The Labute approximate surface area is 116 Å². The average molecular weight is 309 g/mol. The van der Waals surface area contributed by atoms with Crippen molar-refractivity contribution in [2.75, 3.05) is 12.1 Å². The van der Waals surface area contributed by atoms with Gasteiger partial charge in [-0.2, -0.15) is 0 Å². The highest BCUT2D eigenvalue weighted by Gasteiger charge is 2.10. The van der Waals surface area contributed by atoms with Gasteiger partial charge < -0.3 is 0 Å². The second-order valence-corrected chi connectivity index (χ2v) is 4.80. The number of aryl methyl sites for hydroxylation is 1. The molecule has 2 heterocycles. The van der Waals surface area contributed by atoms with E-state index < -0.39 is 0 Å². The highest BCUT2D eigenvalue weighted by molar-refractivity contribution is 9.10. The first kappa shape index (κ1) is 13.3. The fourth-order valence-electron chi connectivity index (χ4n) is 1.92. The molecule has 0 unspecified atom stereocenters. The molecule has 0 bridgehead atoms. The monoisotopic (exact) mass is 308 g/mol. The maximum atomic E-state index is 5.28. The highest BCUT2D eigenvalue weighted by Crippen LogP contribution is 2.25. The van der Waals surface area contributed by atoms with E-state index in [0.717, 1.165) is 35.3 Å². The van der Waals surface area contributed by atoms with Crippen LogP contribution in [0.15, 0.2) is 28.7 Å². The van der Waals surface area contributed by atoms with Crippen LogP contribution in [0.5, 0.6) is 0 Å². The lowest BCUT2D eigenvalue weighted by molar-refractivity contribution is 0.195. The van der Waals surface area contributed by atoms with Gasteiger partial charge in [0.1, 0.15) is 0 Å². The summed E-state index contributed by atoms with van der Waals surface area (Å²) in [5, 5.41) is 1.17. The van der Waals surface area contributed by atoms with Crippen molar-refractivity contribution in [1.29, 1.82) is 0 Å². The van der Waals surface area contributed by atoms with E-state index in [1.165, 1.54) is 10.9 Å². The molecule has 1 aromatic heterocycles. The Bertz CT molecular complexity index is 543. The van der Waals surface area contributed by atoms with Crippen molar-refractivity contribution >= 4 is 32.7 Å². The van der Waals surface area contributed by atoms with Gasteiger partial charge in [0.25, 0.3) is 0 Å². The molecule has 1 aromatic carbocycles. The minimum Gasteiger partial charge on any atom is -0.275 e. The van der Waals surface area contributed by atoms with Crippen LogP contribution in [0, 0.1) is 0 Å². The molecule has 0 radical (unpaired) electrons. The van der Waals surface area contributed by atoms with Gasteiger partial charge in [0.05, 0.1) is 12.1 Å². The maximum absolute atomic E-state index is 5.28. The second-order valence-electron chi connectivity index (χ2n) is 3.89. The Morgan fingerprint density at radius 2 is 2.11 bits per heavy atom. The van der Waals surface area contributed by atoms with Crippen molar-refractivity contribution in [3.05, 3.63) is 34.3 Å². The van der Waals surface area contributed by atoms with Crippen molar-refractivity contribution in [1.82, 2.24) is 4.98 Å². The summed E-state index contributed by atoms with van der Waals surface area (Å²) in [6.45, 7) is 4.73. The summed E-state index contributed by atoms with van der Waals surface area (Å²) in [6, 6.07) is 8.32. The number of nitrogens with one attached hydrogen (secondary N) is 1. The van der Waals surface area contributed by atoms with Gasteiger partial charge in [-0.25, -0.2) is 10.5 Å². The van der Waals surface area contributed by atoms with Gasteiger partial charge in [-0.3, -0.25) is 4.84 Å². The summed E-state index contributed by atoms with van der Waals surface area (Å²) in [5.74, 6) is 0.850. The van der Waals surface area contributed by atoms with E-state index in [2.05, 4.69) is 38.5 Å². The number of nitrogens with zero attached hydrogens (tertiary/aromatic N) is 1. The molecular formula is C14H17BrN2O. The molecule has 1 N–H and O–H groups in total. The number of aromatic nitrogens is 1. The number of rotatable bonds is 0. The molecule has 3 nitrogen and oxygen atoms in total. The average Bonchev–Trinajstić information content (AvgIpc) is 2.63. The van der Waals surface area contributed by atoms with Crippen LogP contribution in [0.1, 0.15) is 25.8 Å². The molecule has 4 heteroatoms. The third kappa shape index (κ3) is 2.82. The zero-order chi connectivity index (χ0) is 13.0. The molecule has 2 aromatic rings. The lowest BCUT2D eigenvalue weighted by atomic mass is 10.1. The Kier molecular flexibility index (Phi) is 4.55. The lowest BCUT2D eigenvalue weighted by Crippen LogP contribution is -2.01. The van der Waals surface area contributed by atoms with Gasteiger partial charge in [0.2, 0.25) is 0 Å². The van der Waals surface area contributed by atoms with Gasteiger partial charge in [-0.05, 0) is 36.6 Å². The van der Waals surface area contributed by atoms with Crippen LogP contribution < -0.4 is 5.48 Å². The predicted octanol–water partition coefficient (Wildman–Crippen LogP) is 4.31. The number of halogens is 1. The first-order valence-electron chi connectivity index (χ1n) is 6.30. The lowest BCUT2D eigenvalue weighted by Gasteiger charge is -2.07. The molecule has 0 aliphatic carbocycles. The van der Waals surface area contributed by atoms with Gasteiger partial charge in [0.15, 0.2) is 5.82 Å². The van der Waals surface area contributed by atoms with Crippen LogP contribution in [0.3, 0.4) is 0 Å². The topological polar surface area (TPSA) is 34.2 Å². The predicted molar refractivity (Wildman–Crippen MR) is 78.7 cm³/mol. The number of hydrogen-bond acceptors (Lipinski definition) is 3. The number of anilines is 1. The van der Waals surface area contributed by atoms with Crippen LogP contribution in [0.2, 0.25) is 0 Å². The number of fused-ring (bicyclic) bond motifs is 2. The van der Waals surface area contributed by atoms with Crippen molar-refractivity contribution in [2.45, 2.75) is 26.7 Å². The molecule has 0 saturated carbocycles. The minimum atomic E-state index is 0.733. The van der Waals surface area contributed by atoms with Crippen molar-refractivity contribution in [2.24, 2.45) is 0 Å². The van der Waals surface area contributed by atoms with E-state index in [0.29, 0.717) is 0 Å². The van der Waals surface area contributed by atoms with Crippen LogP contribution in [0.25, 0.3) is 10.9 Å². The molecule has 0 spiro atoms. The SMILES string of the molecule is Brc1ccc2cc3c(nc2c1)NOCCC3.CC. The van der Waals surface area contributed by atoms with E-state index in [9.17, 15) is 0 Å². The Balaban J connectivity index is 0.000000574. The van der Waals surface area contributed by atoms with E-state index in [1.54, 1.807) is 0 Å². The minimum absolute atomic E-state index is 0.733. The first-order valence-corrected chi connectivity index (χ1v) is 7.09. The largest absolute Gasteiger partial charge is 0.275 e. The molecule has 1 aliphatic heterocycles. The maximum Gasteiger partial charge on any atom is 0.153 e. The summed E-state index contributed by atoms with van der Waals surface area (Å²) in [4.78, 5) is 9.85. The Morgan fingerprint density at radius 3 is 2.94 bits per heavy atom. The fraction of sp³-hybridized carbons (Fsp3) is 0.357. The van der Waals surface area contributed by atoms with Gasteiger partial charge >= 0.3 is 0 Å². The molecule has 18 heavy (non-hydrogen) atoms. The molecular weight excluding hydrogens is 292 g/mol. The summed E-state index contributed by atoms with van der Waals surface area (Å²) < 4.78 is 1.04. The third-order valence-electron chi connectivity index (χ3n) is 2.72. The van der Waals surface area contributed by atoms with Crippen LogP contribution in [0.4, 0.5) is 5.82 Å². The number of pyridine rings is 1. The zero-order valence-corrected chi connectivity index (χ0v) is 12.3. The normalized spacial score (nSPS) is 13.9. The van der Waals surface area contributed by atoms with Gasteiger partial charge in [-0.15, -0.1) is 0 Å². The van der Waals surface area contributed by atoms with Crippen molar-refractivity contribution in [3.63, 3.8) is 0 Å². The zero-order valence-electron chi connectivity index (χ0n) is 10.7. The Hall–Kier alpha value is -1.13. The van der Waals surface area contributed by atoms with Crippen molar-refractivity contribution < 1.29 is 4.84 Å². The molecule has 0 saturated heterocycles. The first-order chi connectivity index (χ1) is 8.83. The molecule has 0 fully saturated rings. The van der Waals surface area contributed by atoms with Crippen molar-refractivity contribution in [3.8, 4) is 0 Å². The smallest absolute Gasteiger partial charge is 0.153 e. The quantitative estimate of drug-likeness (QED) is 0.787. The van der Waals surface area contributed by atoms with E-state index >= 15 is 0 Å². The fourth-order valence-corrected chi connectivity index (χ4v) is 2.27. The second kappa shape index (κ2) is 6.16. The van der Waals surface area contributed by atoms with Crippen LogP contribution in [-0.2, 0) is 11.3 Å². The third-order valence-corrected chi connectivity index (χ3v) is 3.21. The van der Waals surface area contributed by atoms with Gasteiger partial charge in [0, 0.05) is 9.86 Å². The van der Waals surface area contributed by atoms with E-state index in [1.807, 2.05) is 26.0 Å². The summed E-state index contributed by atoms with van der Waals surface area (Å²) in [7, 11) is 0. The van der Waals surface area contributed by atoms with E-state index in [-0.39, 0.29) is 0 Å². The summed E-state index contributed by atoms with van der Waals surface area (Å²) in [5.41, 5.74) is 5.12. The summed E-state index contributed by atoms with van der Waals surface area (Å²) in [6.07, 6.45) is 2.05. The molecule has 0 amide bonds.